The minimum atomic E-state index is -0.416. The summed E-state index contributed by atoms with van der Waals surface area (Å²) in [6, 6.07) is 7.74. The molecule has 2 aliphatic rings. The van der Waals surface area contributed by atoms with E-state index in [1.165, 1.54) is 12.5 Å². The molecular formula is C18H24N2O3S. The van der Waals surface area contributed by atoms with Gasteiger partial charge in [0, 0.05) is 25.8 Å². The van der Waals surface area contributed by atoms with Gasteiger partial charge in [-0.2, -0.15) is 0 Å². The number of hydrogen-bond acceptors (Lipinski definition) is 4. The lowest BCUT2D eigenvalue weighted by Crippen LogP contribution is -2.48. The Labute approximate surface area is 147 Å². The molecule has 1 aromatic carbocycles. The molecule has 1 aromatic rings. The summed E-state index contributed by atoms with van der Waals surface area (Å²) in [6.45, 7) is 4.87. The van der Waals surface area contributed by atoms with Crippen LogP contribution in [-0.4, -0.2) is 47.8 Å². The number of carbonyl (C=O) groups excluding carboxylic acids is 2. The molecule has 130 valence electrons. The van der Waals surface area contributed by atoms with Crippen LogP contribution in [-0.2, 0) is 14.3 Å². The van der Waals surface area contributed by atoms with E-state index in [4.69, 9.17) is 4.74 Å². The maximum atomic E-state index is 12.6. The van der Waals surface area contributed by atoms with Gasteiger partial charge in [0.15, 0.2) is 0 Å². The van der Waals surface area contributed by atoms with Crippen LogP contribution in [0.1, 0.15) is 36.3 Å². The molecule has 0 unspecified atom stereocenters. The van der Waals surface area contributed by atoms with E-state index < -0.39 is 6.04 Å². The van der Waals surface area contributed by atoms with Crippen molar-refractivity contribution < 1.29 is 14.3 Å². The van der Waals surface area contributed by atoms with Crippen LogP contribution in [0.3, 0.4) is 0 Å². The highest BCUT2D eigenvalue weighted by Gasteiger charge is 2.40. The summed E-state index contributed by atoms with van der Waals surface area (Å²) in [5.41, 5.74) is 2.25. The van der Waals surface area contributed by atoms with Crippen molar-refractivity contribution in [3.8, 4) is 0 Å². The molecule has 1 N–H and O–H groups in total. The third-order valence-corrected chi connectivity index (χ3v) is 5.88. The summed E-state index contributed by atoms with van der Waals surface area (Å²) in [4.78, 5) is 26.5. The zero-order chi connectivity index (χ0) is 17.1. The predicted octanol–water partition coefficient (Wildman–Crippen LogP) is 2.25. The van der Waals surface area contributed by atoms with Crippen molar-refractivity contribution >= 4 is 23.6 Å². The van der Waals surface area contributed by atoms with Crippen LogP contribution in [0.2, 0.25) is 0 Å². The molecule has 0 aromatic heterocycles. The van der Waals surface area contributed by atoms with Gasteiger partial charge in [0.1, 0.15) is 11.4 Å². The van der Waals surface area contributed by atoms with Gasteiger partial charge >= 0.3 is 0 Å². The number of ether oxygens (including phenoxy) is 1. The van der Waals surface area contributed by atoms with Crippen LogP contribution in [0.15, 0.2) is 24.3 Å². The van der Waals surface area contributed by atoms with E-state index in [2.05, 4.69) is 5.32 Å². The highest BCUT2D eigenvalue weighted by molar-refractivity contribution is 7.99. The molecule has 2 amide bonds. The first-order valence-electron chi connectivity index (χ1n) is 8.42. The zero-order valence-corrected chi connectivity index (χ0v) is 15.0. The number of benzene rings is 1. The van der Waals surface area contributed by atoms with Gasteiger partial charge in [-0.15, -0.1) is 11.8 Å². The van der Waals surface area contributed by atoms with Gasteiger partial charge in [-0.25, -0.2) is 0 Å². The van der Waals surface area contributed by atoms with Crippen molar-refractivity contribution in [1.82, 2.24) is 10.2 Å². The van der Waals surface area contributed by atoms with Gasteiger partial charge in [0.05, 0.1) is 6.10 Å². The third kappa shape index (κ3) is 3.75. The highest BCUT2D eigenvalue weighted by Crippen LogP contribution is 2.41. The summed E-state index contributed by atoms with van der Waals surface area (Å²) in [6.07, 6.45) is 2.15. The molecule has 0 saturated carbocycles. The van der Waals surface area contributed by atoms with Crippen LogP contribution in [0.25, 0.3) is 0 Å². The van der Waals surface area contributed by atoms with E-state index in [1.54, 1.807) is 16.7 Å². The molecule has 24 heavy (non-hydrogen) atoms. The molecule has 0 aliphatic carbocycles. The standard InChI is InChI=1S/C18H24N2O3S/c1-12-5-7-14(8-6-12)18-20(13(2)21)16(11-24-18)17(22)19-10-15-4-3-9-23-15/h5-8,15-16,18H,3-4,9-11H2,1-2H3,(H,19,22)/t15-,16+,18-/m1/s1. The van der Waals surface area contributed by atoms with Gasteiger partial charge in [0.2, 0.25) is 11.8 Å². The van der Waals surface area contributed by atoms with E-state index >= 15 is 0 Å². The summed E-state index contributed by atoms with van der Waals surface area (Å²) in [7, 11) is 0. The quantitative estimate of drug-likeness (QED) is 0.907. The Kier molecular flexibility index (Phi) is 5.46. The average Bonchev–Trinajstić information content (AvgIpc) is 3.22. The lowest BCUT2D eigenvalue weighted by Gasteiger charge is -2.28. The van der Waals surface area contributed by atoms with Crippen molar-refractivity contribution in [2.75, 3.05) is 18.9 Å². The lowest BCUT2D eigenvalue weighted by atomic mass is 10.1. The largest absolute Gasteiger partial charge is 0.376 e. The van der Waals surface area contributed by atoms with Gasteiger partial charge in [-0.05, 0) is 25.3 Å². The van der Waals surface area contributed by atoms with Crippen molar-refractivity contribution in [2.24, 2.45) is 0 Å². The normalized spacial score (nSPS) is 26.6. The Bertz CT molecular complexity index is 599. The number of amides is 2. The Morgan fingerprint density at radius 1 is 1.33 bits per heavy atom. The third-order valence-electron chi connectivity index (χ3n) is 4.56. The topological polar surface area (TPSA) is 58.6 Å². The molecule has 3 rings (SSSR count). The second-order valence-corrected chi connectivity index (χ2v) is 7.53. The van der Waals surface area contributed by atoms with E-state index in [0.717, 1.165) is 25.0 Å². The summed E-state index contributed by atoms with van der Waals surface area (Å²) < 4.78 is 5.54. The molecule has 2 saturated heterocycles. The van der Waals surface area contributed by atoms with Crippen LogP contribution < -0.4 is 5.32 Å². The fraction of sp³-hybridized carbons (Fsp3) is 0.556. The molecule has 6 heteroatoms. The minimum absolute atomic E-state index is 0.0668. The predicted molar refractivity (Wildman–Crippen MR) is 94.7 cm³/mol. The average molecular weight is 348 g/mol. The number of aryl methyl sites for hydroxylation is 1. The molecular weight excluding hydrogens is 324 g/mol. The second kappa shape index (κ2) is 7.57. The first-order valence-corrected chi connectivity index (χ1v) is 9.47. The number of thioether (sulfide) groups is 1. The molecule has 3 atom stereocenters. The summed E-state index contributed by atoms with van der Waals surface area (Å²) in [5.74, 6) is 0.473. The number of carbonyl (C=O) groups is 2. The number of hydrogen-bond donors (Lipinski definition) is 1. The molecule has 0 bridgehead atoms. The van der Waals surface area contributed by atoms with Crippen LogP contribution in [0.4, 0.5) is 0 Å². The van der Waals surface area contributed by atoms with E-state index in [-0.39, 0.29) is 23.3 Å². The van der Waals surface area contributed by atoms with Crippen molar-refractivity contribution in [3.05, 3.63) is 35.4 Å². The number of nitrogens with one attached hydrogen (secondary N) is 1. The minimum Gasteiger partial charge on any atom is -0.376 e. The molecule has 0 spiro atoms. The van der Waals surface area contributed by atoms with Gasteiger partial charge < -0.3 is 15.0 Å². The highest BCUT2D eigenvalue weighted by atomic mass is 32.2. The van der Waals surface area contributed by atoms with E-state index in [1.807, 2.05) is 31.2 Å². The Morgan fingerprint density at radius 3 is 2.71 bits per heavy atom. The fourth-order valence-corrected chi connectivity index (χ4v) is 4.70. The van der Waals surface area contributed by atoms with Crippen LogP contribution in [0.5, 0.6) is 0 Å². The molecule has 2 heterocycles. The van der Waals surface area contributed by atoms with Crippen molar-refractivity contribution in [2.45, 2.75) is 44.2 Å². The Hall–Kier alpha value is -1.53. The van der Waals surface area contributed by atoms with Crippen molar-refractivity contribution in [3.63, 3.8) is 0 Å². The Morgan fingerprint density at radius 2 is 2.08 bits per heavy atom. The lowest BCUT2D eigenvalue weighted by molar-refractivity contribution is -0.138. The monoisotopic (exact) mass is 348 g/mol. The maximum Gasteiger partial charge on any atom is 0.243 e. The van der Waals surface area contributed by atoms with Crippen LogP contribution >= 0.6 is 11.8 Å². The molecule has 0 radical (unpaired) electrons. The van der Waals surface area contributed by atoms with E-state index in [9.17, 15) is 9.59 Å². The number of nitrogens with zero attached hydrogens (tertiary/aromatic N) is 1. The van der Waals surface area contributed by atoms with Gasteiger partial charge in [-0.3, -0.25) is 9.59 Å². The first-order chi connectivity index (χ1) is 11.6. The van der Waals surface area contributed by atoms with Gasteiger partial charge in [-0.1, -0.05) is 29.8 Å². The SMILES string of the molecule is CC(=O)N1[C@@H](c2ccc(C)cc2)SC[C@H]1C(=O)NC[C@H]1CCCO1. The number of rotatable bonds is 4. The zero-order valence-electron chi connectivity index (χ0n) is 14.2. The summed E-state index contributed by atoms with van der Waals surface area (Å²) in [5, 5.41) is 2.87. The molecule has 5 nitrogen and oxygen atoms in total. The maximum absolute atomic E-state index is 12.6. The second-order valence-electron chi connectivity index (χ2n) is 6.42. The van der Waals surface area contributed by atoms with Gasteiger partial charge in [0.25, 0.3) is 0 Å². The van der Waals surface area contributed by atoms with Crippen LogP contribution in [0, 0.1) is 6.92 Å². The molecule has 2 fully saturated rings. The van der Waals surface area contributed by atoms with Crippen molar-refractivity contribution in [1.29, 1.82) is 0 Å². The summed E-state index contributed by atoms with van der Waals surface area (Å²) >= 11 is 1.65. The molecule has 2 aliphatic heterocycles. The first kappa shape index (κ1) is 17.3. The Balaban J connectivity index is 1.67. The van der Waals surface area contributed by atoms with E-state index in [0.29, 0.717) is 12.3 Å². The fourth-order valence-electron chi connectivity index (χ4n) is 3.22. The smallest absolute Gasteiger partial charge is 0.243 e.